The highest BCUT2D eigenvalue weighted by Gasteiger charge is 2.36. The fourth-order valence-electron chi connectivity index (χ4n) is 2.65. The Labute approximate surface area is 177 Å². The summed E-state index contributed by atoms with van der Waals surface area (Å²) in [6, 6.07) is 9.18. The number of barbiturate groups is 1. The van der Waals surface area contributed by atoms with Crippen molar-refractivity contribution in [3.63, 3.8) is 0 Å². The molecule has 30 heavy (non-hydrogen) atoms. The highest BCUT2D eigenvalue weighted by molar-refractivity contribution is 7.86. The van der Waals surface area contributed by atoms with Crippen LogP contribution in [0, 0.1) is 0 Å². The molecular formula is C19H15ClN2O7S. The number of amides is 4. The van der Waals surface area contributed by atoms with Gasteiger partial charge in [-0.1, -0.05) is 17.7 Å². The van der Waals surface area contributed by atoms with Crippen LogP contribution < -0.4 is 19.1 Å². The molecule has 11 heteroatoms. The summed E-state index contributed by atoms with van der Waals surface area (Å²) < 4.78 is 32.6. The number of ether oxygens (including phenoxy) is 1. The van der Waals surface area contributed by atoms with Crippen LogP contribution in [0.25, 0.3) is 6.08 Å². The van der Waals surface area contributed by atoms with Gasteiger partial charge >= 0.3 is 16.1 Å². The van der Waals surface area contributed by atoms with E-state index in [1.54, 1.807) is 0 Å². The Kier molecular flexibility index (Phi) is 5.81. The van der Waals surface area contributed by atoms with Gasteiger partial charge in [-0.15, -0.1) is 0 Å². The number of methoxy groups -OCH3 is 1. The summed E-state index contributed by atoms with van der Waals surface area (Å²) in [6.07, 6.45) is 2.13. The van der Waals surface area contributed by atoms with Crippen LogP contribution in [-0.4, -0.2) is 39.6 Å². The molecule has 0 atom stereocenters. The summed E-state index contributed by atoms with van der Waals surface area (Å²) in [5.74, 6) is -1.68. The number of urea groups is 1. The maximum absolute atomic E-state index is 12.9. The molecule has 3 rings (SSSR count). The van der Waals surface area contributed by atoms with Gasteiger partial charge in [-0.05, 0) is 48.0 Å². The minimum absolute atomic E-state index is 0.0560. The Morgan fingerprint density at radius 3 is 2.30 bits per heavy atom. The second kappa shape index (κ2) is 8.17. The van der Waals surface area contributed by atoms with E-state index in [2.05, 4.69) is 5.32 Å². The largest absolute Gasteiger partial charge is 0.493 e. The van der Waals surface area contributed by atoms with Gasteiger partial charge in [-0.3, -0.25) is 14.9 Å². The zero-order valence-electron chi connectivity index (χ0n) is 15.7. The molecule has 0 radical (unpaired) electrons. The summed E-state index contributed by atoms with van der Waals surface area (Å²) in [6.45, 7) is 0. The Hall–Kier alpha value is -3.37. The topological polar surface area (TPSA) is 119 Å². The standard InChI is InChI=1S/C19H15ClN2O7S/c1-28-16-10-11(3-8-15(16)29-30(2,26)27)9-14-17(23)21-19(25)22(18(14)24)13-6-4-12(20)5-7-13/h3-10H,1-2H3,(H,21,23,25). The third kappa shape index (κ3) is 4.61. The zero-order valence-corrected chi connectivity index (χ0v) is 17.3. The minimum Gasteiger partial charge on any atom is -0.493 e. The summed E-state index contributed by atoms with van der Waals surface area (Å²) >= 11 is 5.83. The number of anilines is 1. The van der Waals surface area contributed by atoms with E-state index in [9.17, 15) is 22.8 Å². The van der Waals surface area contributed by atoms with Gasteiger partial charge in [0.25, 0.3) is 11.8 Å². The normalized spacial score (nSPS) is 15.9. The first-order valence-corrected chi connectivity index (χ1v) is 10.5. The fourth-order valence-corrected chi connectivity index (χ4v) is 3.24. The lowest BCUT2D eigenvalue weighted by atomic mass is 10.1. The number of hydrogen-bond donors (Lipinski definition) is 1. The van der Waals surface area contributed by atoms with E-state index < -0.39 is 28.0 Å². The van der Waals surface area contributed by atoms with Gasteiger partial charge in [0.05, 0.1) is 19.1 Å². The number of carbonyl (C=O) groups excluding carboxylic acids is 3. The molecule has 1 N–H and O–H groups in total. The highest BCUT2D eigenvalue weighted by Crippen LogP contribution is 2.30. The molecule has 0 saturated carbocycles. The van der Waals surface area contributed by atoms with Gasteiger partial charge < -0.3 is 8.92 Å². The van der Waals surface area contributed by atoms with Crippen molar-refractivity contribution in [3.8, 4) is 11.5 Å². The van der Waals surface area contributed by atoms with Gasteiger partial charge in [0.1, 0.15) is 5.57 Å². The first-order valence-electron chi connectivity index (χ1n) is 8.33. The van der Waals surface area contributed by atoms with E-state index in [0.717, 1.165) is 11.2 Å². The Morgan fingerprint density at radius 1 is 1.03 bits per heavy atom. The van der Waals surface area contributed by atoms with Crippen molar-refractivity contribution in [2.24, 2.45) is 0 Å². The predicted molar refractivity (Wildman–Crippen MR) is 109 cm³/mol. The fraction of sp³-hybridized carbons (Fsp3) is 0.105. The SMILES string of the molecule is COc1cc(C=C2C(=O)NC(=O)N(c3ccc(Cl)cc3)C2=O)ccc1OS(C)(=O)=O. The van der Waals surface area contributed by atoms with Gasteiger partial charge in [-0.2, -0.15) is 8.42 Å². The van der Waals surface area contributed by atoms with Crippen molar-refractivity contribution >= 4 is 51.3 Å². The Bertz CT molecular complexity index is 1170. The van der Waals surface area contributed by atoms with Gasteiger partial charge in [0, 0.05) is 5.02 Å². The van der Waals surface area contributed by atoms with Gasteiger partial charge in [0.2, 0.25) is 0 Å². The molecule has 1 saturated heterocycles. The second-order valence-electron chi connectivity index (χ2n) is 6.13. The molecule has 0 aliphatic carbocycles. The van der Waals surface area contributed by atoms with Crippen LogP contribution >= 0.6 is 11.6 Å². The van der Waals surface area contributed by atoms with Gasteiger partial charge in [0.15, 0.2) is 11.5 Å². The number of rotatable bonds is 5. The van der Waals surface area contributed by atoms with E-state index in [-0.39, 0.29) is 22.8 Å². The lowest BCUT2D eigenvalue weighted by molar-refractivity contribution is -0.122. The first-order chi connectivity index (χ1) is 14.1. The van der Waals surface area contributed by atoms with Crippen molar-refractivity contribution < 1.29 is 31.7 Å². The molecule has 1 aliphatic heterocycles. The van der Waals surface area contributed by atoms with Crippen LogP contribution in [-0.2, 0) is 19.7 Å². The van der Waals surface area contributed by atoms with E-state index in [0.29, 0.717) is 10.6 Å². The van der Waals surface area contributed by atoms with Crippen LogP contribution in [0.3, 0.4) is 0 Å². The number of benzene rings is 2. The van der Waals surface area contributed by atoms with Crippen LogP contribution in [0.2, 0.25) is 5.02 Å². The molecule has 0 unspecified atom stereocenters. The maximum Gasteiger partial charge on any atom is 0.335 e. The molecular weight excluding hydrogens is 436 g/mol. The number of halogens is 1. The molecule has 156 valence electrons. The number of hydrogen-bond acceptors (Lipinski definition) is 7. The van der Waals surface area contributed by atoms with E-state index in [1.807, 2.05) is 0 Å². The smallest absolute Gasteiger partial charge is 0.335 e. The van der Waals surface area contributed by atoms with Crippen molar-refractivity contribution in [2.75, 3.05) is 18.3 Å². The molecule has 2 aromatic rings. The molecule has 1 aliphatic rings. The quantitative estimate of drug-likeness (QED) is 0.422. The van der Waals surface area contributed by atoms with Crippen molar-refractivity contribution in [3.05, 3.63) is 58.6 Å². The van der Waals surface area contributed by atoms with Crippen LogP contribution in [0.4, 0.5) is 10.5 Å². The number of carbonyl (C=O) groups is 3. The molecule has 0 aromatic heterocycles. The van der Waals surface area contributed by atoms with Gasteiger partial charge in [-0.25, -0.2) is 9.69 Å². The predicted octanol–water partition coefficient (Wildman–Crippen LogP) is 2.35. The van der Waals surface area contributed by atoms with Crippen molar-refractivity contribution in [1.82, 2.24) is 5.32 Å². The van der Waals surface area contributed by atoms with Crippen LogP contribution in [0.5, 0.6) is 11.5 Å². The molecule has 4 amide bonds. The third-order valence-electron chi connectivity index (χ3n) is 3.93. The summed E-state index contributed by atoms with van der Waals surface area (Å²) in [7, 11) is -2.48. The average molecular weight is 451 g/mol. The first kappa shape index (κ1) is 21.3. The van der Waals surface area contributed by atoms with E-state index in [4.69, 9.17) is 20.5 Å². The maximum atomic E-state index is 12.9. The number of imide groups is 2. The molecule has 9 nitrogen and oxygen atoms in total. The van der Waals surface area contributed by atoms with Crippen molar-refractivity contribution in [1.29, 1.82) is 0 Å². The average Bonchev–Trinajstić information content (AvgIpc) is 2.66. The summed E-state index contributed by atoms with van der Waals surface area (Å²) in [4.78, 5) is 38.1. The van der Waals surface area contributed by atoms with E-state index in [1.165, 1.54) is 55.7 Å². The summed E-state index contributed by atoms with van der Waals surface area (Å²) in [5, 5.41) is 2.52. The molecule has 1 fully saturated rings. The summed E-state index contributed by atoms with van der Waals surface area (Å²) in [5.41, 5.74) is 0.273. The Balaban J connectivity index is 1.99. The lowest BCUT2D eigenvalue weighted by Gasteiger charge is -2.26. The molecule has 2 aromatic carbocycles. The monoisotopic (exact) mass is 450 g/mol. The molecule has 0 spiro atoms. The highest BCUT2D eigenvalue weighted by atomic mass is 35.5. The van der Waals surface area contributed by atoms with Crippen LogP contribution in [0.1, 0.15) is 5.56 Å². The van der Waals surface area contributed by atoms with Crippen molar-refractivity contribution in [2.45, 2.75) is 0 Å². The third-order valence-corrected chi connectivity index (χ3v) is 4.66. The molecule has 0 bridgehead atoms. The second-order valence-corrected chi connectivity index (χ2v) is 8.14. The van der Waals surface area contributed by atoms with E-state index >= 15 is 0 Å². The zero-order chi connectivity index (χ0) is 22.1. The lowest BCUT2D eigenvalue weighted by Crippen LogP contribution is -2.54. The molecule has 1 heterocycles. The number of nitrogens with zero attached hydrogens (tertiary/aromatic N) is 1. The number of nitrogens with one attached hydrogen (secondary N) is 1. The minimum atomic E-state index is -3.78. The Morgan fingerprint density at radius 2 is 1.70 bits per heavy atom. The van der Waals surface area contributed by atoms with Crippen LogP contribution in [0.15, 0.2) is 48.0 Å².